The molecule has 5 nitrogen and oxygen atoms in total. The molecule has 2 heterocycles. The molecule has 1 aliphatic rings. The Morgan fingerprint density at radius 2 is 2.04 bits per heavy atom. The van der Waals surface area contributed by atoms with E-state index in [2.05, 4.69) is 26.6 Å². The maximum Gasteiger partial charge on any atom is 0.225 e. The topological polar surface area (TPSA) is 71.3 Å². The first-order valence-electron chi connectivity index (χ1n) is 7.51. The lowest BCUT2D eigenvalue weighted by atomic mass is 9.98. The van der Waals surface area contributed by atoms with Crippen LogP contribution in [0.15, 0.2) is 45.3 Å². The molecule has 0 saturated carbocycles. The monoisotopic (exact) mass is 376 g/mol. The Balaban J connectivity index is 1.56. The van der Waals surface area contributed by atoms with Crippen LogP contribution in [0.25, 0.3) is 11.3 Å². The van der Waals surface area contributed by atoms with Gasteiger partial charge in [0.05, 0.1) is 12.5 Å². The molecule has 3 rings (SSSR count). The van der Waals surface area contributed by atoms with Gasteiger partial charge in [-0.2, -0.15) is 0 Å². The Kier molecular flexibility index (Phi) is 4.81. The molecule has 23 heavy (non-hydrogen) atoms. The van der Waals surface area contributed by atoms with Gasteiger partial charge in [-0.1, -0.05) is 28.1 Å². The fraction of sp³-hybridized carbons (Fsp3) is 0.294. The SMILES string of the molecule is O=C1CC[C@H](C(=O)NCc2ccc(-c3ccc(Br)cc3)o2)CN1. The minimum Gasteiger partial charge on any atom is -0.459 e. The van der Waals surface area contributed by atoms with Gasteiger partial charge in [-0.25, -0.2) is 0 Å². The Labute approximate surface area is 142 Å². The van der Waals surface area contributed by atoms with Gasteiger partial charge in [0.15, 0.2) is 0 Å². The summed E-state index contributed by atoms with van der Waals surface area (Å²) < 4.78 is 6.78. The van der Waals surface area contributed by atoms with Crippen LogP contribution in [-0.4, -0.2) is 18.4 Å². The highest BCUT2D eigenvalue weighted by molar-refractivity contribution is 9.10. The van der Waals surface area contributed by atoms with E-state index >= 15 is 0 Å². The average molecular weight is 377 g/mol. The van der Waals surface area contributed by atoms with Crippen LogP contribution < -0.4 is 10.6 Å². The summed E-state index contributed by atoms with van der Waals surface area (Å²) in [5.74, 6) is 1.28. The fourth-order valence-electron chi connectivity index (χ4n) is 2.52. The van der Waals surface area contributed by atoms with Crippen molar-refractivity contribution in [1.29, 1.82) is 0 Å². The zero-order valence-electron chi connectivity index (χ0n) is 12.5. The lowest BCUT2D eigenvalue weighted by Crippen LogP contribution is -2.42. The molecule has 120 valence electrons. The first-order chi connectivity index (χ1) is 11.1. The van der Waals surface area contributed by atoms with Crippen molar-refractivity contribution < 1.29 is 14.0 Å². The van der Waals surface area contributed by atoms with Crippen molar-refractivity contribution in [2.75, 3.05) is 6.54 Å². The van der Waals surface area contributed by atoms with Crippen LogP contribution in [0.3, 0.4) is 0 Å². The van der Waals surface area contributed by atoms with Crippen LogP contribution in [0.4, 0.5) is 0 Å². The van der Waals surface area contributed by atoms with Gasteiger partial charge in [0.25, 0.3) is 0 Å². The second-order valence-electron chi connectivity index (χ2n) is 5.53. The fourth-order valence-corrected chi connectivity index (χ4v) is 2.78. The van der Waals surface area contributed by atoms with E-state index in [1.54, 1.807) is 0 Å². The Morgan fingerprint density at radius 3 is 2.74 bits per heavy atom. The highest BCUT2D eigenvalue weighted by atomic mass is 79.9. The van der Waals surface area contributed by atoms with Crippen LogP contribution in [-0.2, 0) is 16.1 Å². The number of piperidine rings is 1. The summed E-state index contributed by atoms with van der Waals surface area (Å²) in [6, 6.07) is 11.6. The van der Waals surface area contributed by atoms with E-state index in [0.717, 1.165) is 15.8 Å². The number of nitrogens with one attached hydrogen (secondary N) is 2. The predicted octanol–water partition coefficient (Wildman–Crippen LogP) is 2.85. The van der Waals surface area contributed by atoms with Gasteiger partial charge in [-0.05, 0) is 30.7 Å². The minimum absolute atomic E-state index is 0.0132. The molecule has 6 heteroatoms. The number of furan rings is 1. The van der Waals surface area contributed by atoms with Crippen LogP contribution >= 0.6 is 15.9 Å². The first kappa shape index (κ1) is 15.8. The third kappa shape index (κ3) is 4.01. The summed E-state index contributed by atoms with van der Waals surface area (Å²) >= 11 is 3.40. The van der Waals surface area contributed by atoms with E-state index in [1.807, 2.05) is 36.4 Å². The van der Waals surface area contributed by atoms with Crippen LogP contribution in [0.5, 0.6) is 0 Å². The van der Waals surface area contributed by atoms with Gasteiger partial charge in [0.2, 0.25) is 11.8 Å². The molecule has 1 fully saturated rings. The Hall–Kier alpha value is -2.08. The Bertz CT molecular complexity index is 699. The molecule has 1 aliphatic heterocycles. The standard InChI is InChI=1S/C17H17BrN2O3/c18-13-4-1-11(2-5-13)15-7-6-14(23-15)10-20-17(22)12-3-8-16(21)19-9-12/h1-2,4-7,12H,3,8-10H2,(H,19,21)(H,20,22)/t12-/m0/s1. The van der Waals surface area contributed by atoms with Crippen molar-refractivity contribution in [1.82, 2.24) is 10.6 Å². The molecule has 0 bridgehead atoms. The largest absolute Gasteiger partial charge is 0.459 e. The summed E-state index contributed by atoms with van der Waals surface area (Å²) in [7, 11) is 0. The Morgan fingerprint density at radius 1 is 1.26 bits per heavy atom. The number of rotatable bonds is 4. The summed E-state index contributed by atoms with van der Waals surface area (Å²) in [6.45, 7) is 0.757. The molecule has 1 atom stereocenters. The zero-order chi connectivity index (χ0) is 16.2. The molecule has 2 aromatic rings. The van der Waals surface area contributed by atoms with Crippen LogP contribution in [0.1, 0.15) is 18.6 Å². The summed E-state index contributed by atoms with van der Waals surface area (Å²) in [6.07, 6.45) is 1.01. The molecule has 1 aromatic heterocycles. The minimum atomic E-state index is -0.159. The van der Waals surface area contributed by atoms with Crippen LogP contribution in [0, 0.1) is 5.92 Å². The number of halogens is 1. The van der Waals surface area contributed by atoms with E-state index in [-0.39, 0.29) is 17.7 Å². The number of amides is 2. The molecule has 1 saturated heterocycles. The number of benzene rings is 1. The van der Waals surface area contributed by atoms with E-state index in [1.165, 1.54) is 0 Å². The van der Waals surface area contributed by atoms with E-state index in [0.29, 0.717) is 31.7 Å². The smallest absolute Gasteiger partial charge is 0.225 e. The first-order valence-corrected chi connectivity index (χ1v) is 8.30. The molecule has 0 unspecified atom stereocenters. The van der Waals surface area contributed by atoms with Gasteiger partial charge < -0.3 is 15.1 Å². The van der Waals surface area contributed by atoms with Crippen molar-refractivity contribution >= 4 is 27.7 Å². The third-order valence-electron chi connectivity index (χ3n) is 3.86. The van der Waals surface area contributed by atoms with Crippen LogP contribution in [0.2, 0.25) is 0 Å². The maximum atomic E-state index is 12.1. The second kappa shape index (κ2) is 7.00. The lowest BCUT2D eigenvalue weighted by Gasteiger charge is -2.21. The molecular weight excluding hydrogens is 360 g/mol. The third-order valence-corrected chi connectivity index (χ3v) is 4.39. The molecule has 0 aliphatic carbocycles. The van der Waals surface area contributed by atoms with Gasteiger partial charge in [0.1, 0.15) is 11.5 Å². The van der Waals surface area contributed by atoms with Crippen molar-refractivity contribution in [2.24, 2.45) is 5.92 Å². The molecule has 0 radical (unpaired) electrons. The highest BCUT2D eigenvalue weighted by Crippen LogP contribution is 2.24. The second-order valence-corrected chi connectivity index (χ2v) is 6.45. The van der Waals surface area contributed by atoms with E-state index in [9.17, 15) is 9.59 Å². The zero-order valence-corrected chi connectivity index (χ0v) is 14.1. The average Bonchev–Trinajstić information content (AvgIpc) is 3.03. The maximum absolute atomic E-state index is 12.1. The van der Waals surface area contributed by atoms with Gasteiger partial charge in [0, 0.05) is 23.0 Å². The van der Waals surface area contributed by atoms with Gasteiger partial charge >= 0.3 is 0 Å². The summed E-state index contributed by atoms with van der Waals surface area (Å²) in [5, 5.41) is 5.58. The van der Waals surface area contributed by atoms with Crippen molar-refractivity contribution in [2.45, 2.75) is 19.4 Å². The summed E-state index contributed by atoms with van der Waals surface area (Å²) in [5.41, 5.74) is 0.987. The van der Waals surface area contributed by atoms with E-state index < -0.39 is 0 Å². The van der Waals surface area contributed by atoms with E-state index in [4.69, 9.17) is 4.42 Å². The number of carbonyl (C=O) groups excluding carboxylic acids is 2. The number of carbonyl (C=O) groups is 2. The molecular formula is C17H17BrN2O3. The lowest BCUT2D eigenvalue weighted by molar-refractivity contribution is -0.129. The molecule has 2 amide bonds. The summed E-state index contributed by atoms with van der Waals surface area (Å²) in [4.78, 5) is 23.2. The van der Waals surface area contributed by atoms with Crippen molar-refractivity contribution in [3.63, 3.8) is 0 Å². The van der Waals surface area contributed by atoms with Gasteiger partial charge in [-0.3, -0.25) is 9.59 Å². The van der Waals surface area contributed by atoms with Crippen molar-refractivity contribution in [3.05, 3.63) is 46.6 Å². The molecule has 2 N–H and O–H groups in total. The van der Waals surface area contributed by atoms with Crippen molar-refractivity contribution in [3.8, 4) is 11.3 Å². The normalized spacial score (nSPS) is 17.6. The molecule has 1 aromatic carbocycles. The highest BCUT2D eigenvalue weighted by Gasteiger charge is 2.24. The van der Waals surface area contributed by atoms with Gasteiger partial charge in [-0.15, -0.1) is 0 Å². The quantitative estimate of drug-likeness (QED) is 0.861. The predicted molar refractivity (Wildman–Crippen MR) is 89.4 cm³/mol. The number of hydrogen-bond donors (Lipinski definition) is 2. The molecule has 0 spiro atoms. The number of hydrogen-bond acceptors (Lipinski definition) is 3.